The Hall–Kier alpha value is -0.660. The minimum absolute atomic E-state index is 0.119. The summed E-state index contributed by atoms with van der Waals surface area (Å²) in [6.45, 7) is 1.53. The van der Waals surface area contributed by atoms with Crippen LogP contribution in [0.4, 0.5) is 0 Å². The topological polar surface area (TPSA) is 101 Å². The van der Waals surface area contributed by atoms with Gasteiger partial charge in [-0.3, -0.25) is 9.35 Å². The third-order valence-corrected chi connectivity index (χ3v) is 2.36. The monoisotopic (exact) mass is 240 g/mol. The molecule has 0 rings (SSSR count). The minimum atomic E-state index is -4.37. The Morgan fingerprint density at radius 1 is 1.33 bits per heavy atom. The van der Waals surface area contributed by atoms with Crippen LogP contribution >= 0.6 is 0 Å². The van der Waals surface area contributed by atoms with Crippen LogP contribution in [0, 0.1) is 0 Å². The lowest BCUT2D eigenvalue weighted by atomic mass is 10.1. The number of carboxylic acids is 1. The van der Waals surface area contributed by atoms with Crippen molar-refractivity contribution < 1.29 is 27.1 Å². The fraction of sp³-hybridized carbons (Fsp3) is 0.875. The maximum atomic E-state index is 10.3. The lowest BCUT2D eigenvalue weighted by molar-refractivity contribution is -0.137. The predicted octanol–water partition coefficient (Wildman–Crippen LogP) is 1.23. The highest BCUT2D eigenvalue weighted by Crippen LogP contribution is 2.09. The molecule has 0 aromatic heterocycles. The van der Waals surface area contributed by atoms with Crippen molar-refractivity contribution >= 4 is 16.4 Å². The molecule has 0 fully saturated rings. The van der Waals surface area contributed by atoms with E-state index in [4.69, 9.17) is 9.66 Å². The summed E-state index contributed by atoms with van der Waals surface area (Å²) >= 11 is 0. The Morgan fingerprint density at radius 3 is 2.40 bits per heavy atom. The van der Waals surface area contributed by atoms with Crippen LogP contribution in [0.3, 0.4) is 0 Å². The SMILES string of the molecule is CC(CCCCCC(=O)O)OS(=O)(=O)O. The molecular weight excluding hydrogens is 224 g/mol. The first-order valence-corrected chi connectivity index (χ1v) is 6.05. The highest BCUT2D eigenvalue weighted by molar-refractivity contribution is 7.80. The molecule has 0 spiro atoms. The molecule has 0 aliphatic heterocycles. The highest BCUT2D eigenvalue weighted by atomic mass is 32.3. The van der Waals surface area contributed by atoms with Crippen molar-refractivity contribution in [3.8, 4) is 0 Å². The molecule has 2 N–H and O–H groups in total. The normalized spacial score (nSPS) is 13.7. The second-order valence-electron chi connectivity index (χ2n) is 3.33. The van der Waals surface area contributed by atoms with E-state index in [1.165, 1.54) is 6.92 Å². The summed E-state index contributed by atoms with van der Waals surface area (Å²) in [7, 11) is -4.37. The smallest absolute Gasteiger partial charge is 0.397 e. The highest BCUT2D eigenvalue weighted by Gasteiger charge is 2.11. The van der Waals surface area contributed by atoms with E-state index in [1.807, 2.05) is 0 Å². The number of aliphatic carboxylic acids is 1. The van der Waals surface area contributed by atoms with Gasteiger partial charge in [-0.1, -0.05) is 12.8 Å². The van der Waals surface area contributed by atoms with Crippen LogP contribution in [0.2, 0.25) is 0 Å². The molecule has 0 aromatic carbocycles. The fourth-order valence-electron chi connectivity index (χ4n) is 1.14. The van der Waals surface area contributed by atoms with E-state index in [0.717, 1.165) is 0 Å². The van der Waals surface area contributed by atoms with Crippen molar-refractivity contribution in [3.63, 3.8) is 0 Å². The van der Waals surface area contributed by atoms with Gasteiger partial charge in [0, 0.05) is 6.42 Å². The maximum absolute atomic E-state index is 10.3. The molecule has 0 aliphatic carbocycles. The summed E-state index contributed by atoms with van der Waals surface area (Å²) in [5.74, 6) is -0.836. The average Bonchev–Trinajstić information content (AvgIpc) is 1.99. The zero-order valence-electron chi connectivity index (χ0n) is 8.55. The number of unbranched alkanes of at least 4 members (excludes halogenated alkanes) is 2. The Bertz CT molecular complexity index is 284. The lowest BCUT2D eigenvalue weighted by Crippen LogP contribution is -2.14. The maximum Gasteiger partial charge on any atom is 0.397 e. The van der Waals surface area contributed by atoms with Crippen molar-refractivity contribution in [3.05, 3.63) is 0 Å². The van der Waals surface area contributed by atoms with Gasteiger partial charge >= 0.3 is 16.4 Å². The lowest BCUT2D eigenvalue weighted by Gasteiger charge is -2.08. The summed E-state index contributed by atoms with van der Waals surface area (Å²) in [5, 5.41) is 8.34. The van der Waals surface area contributed by atoms with Gasteiger partial charge in [0.05, 0.1) is 6.10 Å². The zero-order valence-corrected chi connectivity index (χ0v) is 9.37. The molecule has 0 saturated carbocycles. The second-order valence-corrected chi connectivity index (χ2v) is 4.38. The fourth-order valence-corrected chi connectivity index (χ4v) is 1.65. The summed E-state index contributed by atoms with van der Waals surface area (Å²) in [4.78, 5) is 10.1. The minimum Gasteiger partial charge on any atom is -0.481 e. The molecule has 0 aromatic rings. The largest absolute Gasteiger partial charge is 0.481 e. The van der Waals surface area contributed by atoms with Gasteiger partial charge in [0.2, 0.25) is 0 Å². The summed E-state index contributed by atoms with van der Waals surface area (Å²) in [6.07, 6.45) is 1.95. The quantitative estimate of drug-likeness (QED) is 0.489. The Labute approximate surface area is 89.2 Å². The van der Waals surface area contributed by atoms with E-state index in [-0.39, 0.29) is 6.42 Å². The molecule has 0 radical (unpaired) electrons. The molecule has 15 heavy (non-hydrogen) atoms. The van der Waals surface area contributed by atoms with Gasteiger partial charge in [-0.15, -0.1) is 0 Å². The number of hydrogen-bond acceptors (Lipinski definition) is 4. The van der Waals surface area contributed by atoms with E-state index in [9.17, 15) is 13.2 Å². The summed E-state index contributed by atoms with van der Waals surface area (Å²) in [5.41, 5.74) is 0. The van der Waals surface area contributed by atoms with Gasteiger partial charge in [0.15, 0.2) is 0 Å². The van der Waals surface area contributed by atoms with E-state index in [1.54, 1.807) is 0 Å². The van der Waals surface area contributed by atoms with Crippen LogP contribution in [-0.2, 0) is 19.4 Å². The van der Waals surface area contributed by atoms with Gasteiger partial charge in [-0.2, -0.15) is 8.42 Å². The first-order chi connectivity index (χ1) is 6.81. The molecule has 0 aliphatic rings. The van der Waals surface area contributed by atoms with Gasteiger partial charge in [0.25, 0.3) is 0 Å². The third kappa shape index (κ3) is 11.3. The van der Waals surface area contributed by atoms with E-state index >= 15 is 0 Å². The molecule has 0 saturated heterocycles. The standard InChI is InChI=1S/C8H16O6S/c1-7(14-15(11,12)13)5-3-2-4-6-8(9)10/h7H,2-6H2,1H3,(H,9,10)(H,11,12,13). The van der Waals surface area contributed by atoms with Gasteiger partial charge in [-0.05, 0) is 19.8 Å². The van der Waals surface area contributed by atoms with E-state index < -0.39 is 22.5 Å². The van der Waals surface area contributed by atoms with Crippen LogP contribution in [0.25, 0.3) is 0 Å². The molecule has 1 unspecified atom stereocenters. The van der Waals surface area contributed by atoms with Crippen LogP contribution in [-0.4, -0.2) is 30.2 Å². The second kappa shape index (κ2) is 6.76. The first-order valence-electron chi connectivity index (χ1n) is 4.69. The van der Waals surface area contributed by atoms with Gasteiger partial charge < -0.3 is 5.11 Å². The van der Waals surface area contributed by atoms with Crippen molar-refractivity contribution in [1.29, 1.82) is 0 Å². The van der Waals surface area contributed by atoms with Gasteiger partial charge in [0.1, 0.15) is 0 Å². The van der Waals surface area contributed by atoms with E-state index in [0.29, 0.717) is 25.7 Å². The Kier molecular flexibility index (Phi) is 6.46. The predicted molar refractivity (Wildman–Crippen MR) is 52.8 cm³/mol. The first kappa shape index (κ1) is 14.3. The average molecular weight is 240 g/mol. The van der Waals surface area contributed by atoms with Gasteiger partial charge in [-0.25, -0.2) is 4.18 Å². The molecule has 6 nitrogen and oxygen atoms in total. The van der Waals surface area contributed by atoms with Crippen molar-refractivity contribution in [1.82, 2.24) is 0 Å². The van der Waals surface area contributed by atoms with Crippen molar-refractivity contribution in [2.45, 2.75) is 45.1 Å². The summed E-state index contributed by atoms with van der Waals surface area (Å²) < 4.78 is 33.2. The van der Waals surface area contributed by atoms with Crippen LogP contribution < -0.4 is 0 Å². The third-order valence-electron chi connectivity index (χ3n) is 1.79. The number of carboxylic acid groups (broad SMARTS) is 1. The molecule has 0 heterocycles. The van der Waals surface area contributed by atoms with Crippen LogP contribution in [0.1, 0.15) is 39.0 Å². The van der Waals surface area contributed by atoms with Crippen molar-refractivity contribution in [2.24, 2.45) is 0 Å². The number of hydrogen-bond donors (Lipinski definition) is 2. The van der Waals surface area contributed by atoms with Crippen LogP contribution in [0.5, 0.6) is 0 Å². The number of rotatable bonds is 8. The molecule has 0 amide bonds. The van der Waals surface area contributed by atoms with Crippen molar-refractivity contribution in [2.75, 3.05) is 0 Å². The van der Waals surface area contributed by atoms with E-state index in [2.05, 4.69) is 4.18 Å². The van der Waals surface area contributed by atoms with Crippen LogP contribution in [0.15, 0.2) is 0 Å². The molecular formula is C8H16O6S. The zero-order chi connectivity index (χ0) is 11.9. The molecule has 90 valence electrons. The Morgan fingerprint density at radius 2 is 1.93 bits per heavy atom. The molecule has 7 heteroatoms. The summed E-state index contributed by atoms with van der Waals surface area (Å²) in [6, 6.07) is 0. The number of carbonyl (C=O) groups is 1. The molecule has 0 bridgehead atoms. The Balaban J connectivity index is 3.47. The molecule has 1 atom stereocenters.